The van der Waals surface area contributed by atoms with Gasteiger partial charge in [0.1, 0.15) is 13.2 Å². The van der Waals surface area contributed by atoms with Crippen LogP contribution in [0.2, 0.25) is 0 Å². The third-order valence-corrected chi connectivity index (χ3v) is 6.20. The van der Waals surface area contributed by atoms with Crippen LogP contribution in [0.15, 0.2) is 18.2 Å². The van der Waals surface area contributed by atoms with Gasteiger partial charge in [-0.2, -0.15) is 0 Å². The number of ether oxygens (including phenoxy) is 2. The summed E-state index contributed by atoms with van der Waals surface area (Å²) in [5, 5.41) is 3.34. The fourth-order valence-corrected chi connectivity index (χ4v) is 4.54. The SMILES string of the molecule is CCCCCCCC(=O)N[C@@H](Cc1ccc2c(c1)OCCO2)CN1CCC(C)(C)C1. The Morgan fingerprint density at radius 2 is 1.90 bits per heavy atom. The molecule has 1 amide bonds. The molecule has 168 valence electrons. The number of carbonyl (C=O) groups excluding carboxylic acids is 1. The molecule has 1 aromatic carbocycles. The fraction of sp³-hybridized carbons (Fsp3) is 0.720. The van der Waals surface area contributed by atoms with Crippen molar-refractivity contribution in [2.75, 3.05) is 32.8 Å². The Bertz CT molecular complexity index is 689. The van der Waals surface area contributed by atoms with Gasteiger partial charge in [-0.25, -0.2) is 0 Å². The zero-order valence-electron chi connectivity index (χ0n) is 19.2. The van der Waals surface area contributed by atoms with E-state index in [1.807, 2.05) is 6.07 Å². The van der Waals surface area contributed by atoms with Crippen LogP contribution in [0.4, 0.5) is 0 Å². The Balaban J connectivity index is 1.58. The summed E-state index contributed by atoms with van der Waals surface area (Å²) in [5.41, 5.74) is 1.55. The predicted octanol–water partition coefficient (Wildman–Crippen LogP) is 4.58. The molecule has 3 rings (SSSR count). The first-order chi connectivity index (χ1) is 14.4. The van der Waals surface area contributed by atoms with Gasteiger partial charge in [0.15, 0.2) is 11.5 Å². The van der Waals surface area contributed by atoms with Crippen molar-refractivity contribution in [2.24, 2.45) is 5.41 Å². The van der Waals surface area contributed by atoms with Crippen molar-refractivity contribution >= 4 is 5.91 Å². The van der Waals surface area contributed by atoms with Gasteiger partial charge in [-0.1, -0.05) is 52.5 Å². The van der Waals surface area contributed by atoms with E-state index in [1.165, 1.54) is 31.2 Å². The van der Waals surface area contributed by atoms with E-state index in [4.69, 9.17) is 9.47 Å². The van der Waals surface area contributed by atoms with Crippen molar-refractivity contribution in [1.29, 1.82) is 0 Å². The summed E-state index contributed by atoms with van der Waals surface area (Å²) in [4.78, 5) is 15.1. The Morgan fingerprint density at radius 1 is 1.13 bits per heavy atom. The molecule has 1 fully saturated rings. The quantitative estimate of drug-likeness (QED) is 0.537. The second kappa shape index (κ2) is 11.0. The number of hydrogen-bond donors (Lipinski definition) is 1. The Hall–Kier alpha value is -1.75. The summed E-state index contributed by atoms with van der Waals surface area (Å²) in [6, 6.07) is 6.29. The van der Waals surface area contributed by atoms with Crippen LogP contribution >= 0.6 is 0 Å². The van der Waals surface area contributed by atoms with Crippen molar-refractivity contribution < 1.29 is 14.3 Å². The standard InChI is InChI=1S/C25H40N2O3/c1-4-5-6-7-8-9-24(28)26-21(18-27-13-12-25(2,3)19-27)16-20-10-11-22-23(17-20)30-15-14-29-22/h10-11,17,21H,4-9,12-16,18-19H2,1-3H3,(H,26,28)/t21-/m0/s1. The van der Waals surface area contributed by atoms with Crippen molar-refractivity contribution in [1.82, 2.24) is 10.2 Å². The van der Waals surface area contributed by atoms with Crippen LogP contribution < -0.4 is 14.8 Å². The molecule has 0 saturated carbocycles. The van der Waals surface area contributed by atoms with Crippen LogP contribution in [-0.2, 0) is 11.2 Å². The number of nitrogens with one attached hydrogen (secondary N) is 1. The van der Waals surface area contributed by atoms with Gasteiger partial charge in [0.2, 0.25) is 5.91 Å². The minimum Gasteiger partial charge on any atom is -0.486 e. The second-order valence-electron chi connectivity index (χ2n) is 9.76. The average molecular weight is 417 g/mol. The summed E-state index contributed by atoms with van der Waals surface area (Å²) >= 11 is 0. The zero-order chi connectivity index (χ0) is 21.4. The number of rotatable bonds is 11. The van der Waals surface area contributed by atoms with E-state index >= 15 is 0 Å². The van der Waals surface area contributed by atoms with Crippen molar-refractivity contribution in [3.05, 3.63) is 23.8 Å². The van der Waals surface area contributed by atoms with E-state index in [-0.39, 0.29) is 11.9 Å². The number of nitrogens with zero attached hydrogens (tertiary/aromatic N) is 1. The van der Waals surface area contributed by atoms with E-state index in [1.54, 1.807) is 0 Å². The lowest BCUT2D eigenvalue weighted by Gasteiger charge is -2.27. The molecule has 0 aliphatic carbocycles. The van der Waals surface area contributed by atoms with E-state index in [0.717, 1.165) is 50.4 Å². The van der Waals surface area contributed by atoms with Gasteiger partial charge in [0.05, 0.1) is 0 Å². The summed E-state index contributed by atoms with van der Waals surface area (Å²) < 4.78 is 11.4. The van der Waals surface area contributed by atoms with Gasteiger partial charge >= 0.3 is 0 Å². The number of benzene rings is 1. The third-order valence-electron chi connectivity index (χ3n) is 6.20. The molecule has 1 saturated heterocycles. The normalized spacial score (nSPS) is 18.9. The monoisotopic (exact) mass is 416 g/mol. The lowest BCUT2D eigenvalue weighted by Crippen LogP contribution is -2.44. The second-order valence-corrected chi connectivity index (χ2v) is 9.76. The highest BCUT2D eigenvalue weighted by atomic mass is 16.6. The molecule has 2 heterocycles. The summed E-state index contributed by atoms with van der Waals surface area (Å²) in [6.07, 6.45) is 8.52. The summed E-state index contributed by atoms with van der Waals surface area (Å²) in [7, 11) is 0. The highest BCUT2D eigenvalue weighted by Crippen LogP contribution is 2.32. The van der Waals surface area contributed by atoms with E-state index in [9.17, 15) is 4.79 Å². The van der Waals surface area contributed by atoms with Crippen LogP contribution in [0.5, 0.6) is 11.5 Å². The van der Waals surface area contributed by atoms with Crippen LogP contribution in [0.3, 0.4) is 0 Å². The molecule has 1 atom stereocenters. The largest absolute Gasteiger partial charge is 0.486 e. The lowest BCUT2D eigenvalue weighted by atomic mass is 9.93. The van der Waals surface area contributed by atoms with Gasteiger partial charge in [0, 0.05) is 25.6 Å². The summed E-state index contributed by atoms with van der Waals surface area (Å²) in [5.74, 6) is 1.83. The molecule has 1 aromatic rings. The van der Waals surface area contributed by atoms with Crippen LogP contribution in [0, 0.1) is 5.41 Å². The number of amides is 1. The smallest absolute Gasteiger partial charge is 0.220 e. The molecule has 0 unspecified atom stereocenters. The van der Waals surface area contributed by atoms with Crippen molar-refractivity contribution in [3.8, 4) is 11.5 Å². The molecule has 0 aromatic heterocycles. The van der Waals surface area contributed by atoms with Gasteiger partial charge in [0.25, 0.3) is 0 Å². The highest BCUT2D eigenvalue weighted by Gasteiger charge is 2.30. The third kappa shape index (κ3) is 7.19. The zero-order valence-corrected chi connectivity index (χ0v) is 19.2. The molecular formula is C25H40N2O3. The molecule has 2 aliphatic heterocycles. The maximum atomic E-state index is 12.6. The number of carbonyl (C=O) groups is 1. The van der Waals surface area contributed by atoms with Crippen molar-refractivity contribution in [2.45, 2.75) is 78.2 Å². The number of likely N-dealkylation sites (tertiary alicyclic amines) is 1. The molecule has 1 N–H and O–H groups in total. The minimum absolute atomic E-state index is 0.115. The van der Waals surface area contributed by atoms with E-state index in [0.29, 0.717) is 25.0 Å². The number of fused-ring (bicyclic) bond motifs is 1. The first kappa shape index (κ1) is 22.9. The molecule has 5 nitrogen and oxygen atoms in total. The minimum atomic E-state index is 0.115. The van der Waals surface area contributed by atoms with E-state index < -0.39 is 0 Å². The Morgan fingerprint density at radius 3 is 2.63 bits per heavy atom. The van der Waals surface area contributed by atoms with Crippen LogP contribution in [0.1, 0.15) is 71.3 Å². The molecule has 5 heteroatoms. The average Bonchev–Trinajstić information content (AvgIpc) is 3.06. The first-order valence-corrected chi connectivity index (χ1v) is 11.9. The molecular weight excluding hydrogens is 376 g/mol. The van der Waals surface area contributed by atoms with Gasteiger partial charge in [-0.3, -0.25) is 4.79 Å². The van der Waals surface area contributed by atoms with Gasteiger partial charge < -0.3 is 19.7 Å². The molecule has 2 aliphatic rings. The number of hydrogen-bond acceptors (Lipinski definition) is 4. The summed E-state index contributed by atoms with van der Waals surface area (Å²) in [6.45, 7) is 11.2. The van der Waals surface area contributed by atoms with E-state index in [2.05, 4.69) is 43.1 Å². The predicted molar refractivity (Wildman–Crippen MR) is 121 cm³/mol. The van der Waals surface area contributed by atoms with Crippen LogP contribution in [-0.4, -0.2) is 49.7 Å². The van der Waals surface area contributed by atoms with Gasteiger partial charge in [-0.15, -0.1) is 0 Å². The Kier molecular flexibility index (Phi) is 8.43. The maximum absolute atomic E-state index is 12.6. The first-order valence-electron chi connectivity index (χ1n) is 11.9. The molecule has 0 spiro atoms. The molecule has 0 bridgehead atoms. The Labute approximate surface area is 182 Å². The topological polar surface area (TPSA) is 50.8 Å². The highest BCUT2D eigenvalue weighted by molar-refractivity contribution is 5.76. The molecule has 30 heavy (non-hydrogen) atoms. The molecule has 0 radical (unpaired) electrons. The van der Waals surface area contributed by atoms with Crippen molar-refractivity contribution in [3.63, 3.8) is 0 Å². The lowest BCUT2D eigenvalue weighted by molar-refractivity contribution is -0.122. The fourth-order valence-electron chi connectivity index (χ4n) is 4.54. The van der Waals surface area contributed by atoms with Gasteiger partial charge in [-0.05, 0) is 48.9 Å². The maximum Gasteiger partial charge on any atom is 0.220 e. The van der Waals surface area contributed by atoms with Crippen LogP contribution in [0.25, 0.3) is 0 Å². The number of unbranched alkanes of at least 4 members (excludes halogenated alkanes) is 4.